The summed E-state index contributed by atoms with van der Waals surface area (Å²) in [5.41, 5.74) is 1.18. The molecule has 0 aliphatic carbocycles. The van der Waals surface area contributed by atoms with Crippen LogP contribution in [-0.4, -0.2) is 29.5 Å². The zero-order valence-electron chi connectivity index (χ0n) is 11.0. The molecule has 0 radical (unpaired) electrons. The number of imidazole rings is 1. The number of halogens is 3. The molecule has 0 atom stereocenters. The maximum atomic E-state index is 13.5. The van der Waals surface area contributed by atoms with Crippen molar-refractivity contribution < 1.29 is 12.8 Å². The van der Waals surface area contributed by atoms with E-state index in [2.05, 4.69) is 4.98 Å². The van der Waals surface area contributed by atoms with E-state index in [0.717, 1.165) is 0 Å². The number of sulfone groups is 1. The predicted molar refractivity (Wildman–Crippen MR) is 81.2 cm³/mol. The fourth-order valence-corrected chi connectivity index (χ4v) is 4.59. The van der Waals surface area contributed by atoms with Gasteiger partial charge in [0.2, 0.25) is 0 Å². The first-order valence-electron chi connectivity index (χ1n) is 6.53. The molecule has 4 nitrogen and oxygen atoms in total. The summed E-state index contributed by atoms with van der Waals surface area (Å²) in [6, 6.07) is 2.80. The van der Waals surface area contributed by atoms with Gasteiger partial charge in [-0.3, -0.25) is 0 Å². The Kier molecular flexibility index (Phi) is 3.88. The molecule has 0 bridgehead atoms. The van der Waals surface area contributed by atoms with E-state index in [4.69, 9.17) is 23.2 Å². The van der Waals surface area contributed by atoms with Crippen LogP contribution in [0.1, 0.15) is 24.7 Å². The molecule has 1 aromatic heterocycles. The number of hydrogen-bond acceptors (Lipinski definition) is 3. The first-order valence-corrected chi connectivity index (χ1v) is 9.27. The van der Waals surface area contributed by atoms with E-state index >= 15 is 0 Å². The maximum Gasteiger partial charge on any atom is 0.150 e. The Balaban J connectivity index is 2.10. The molecule has 21 heavy (non-hydrogen) atoms. The Morgan fingerprint density at radius 2 is 2.00 bits per heavy atom. The van der Waals surface area contributed by atoms with Crippen molar-refractivity contribution in [2.24, 2.45) is 0 Å². The third kappa shape index (κ3) is 2.76. The average molecular weight is 351 g/mol. The molecular formula is C13H13Cl2FN2O2S. The Labute approximate surface area is 131 Å². The number of alkyl halides is 1. The highest BCUT2D eigenvalue weighted by Crippen LogP contribution is 2.32. The van der Waals surface area contributed by atoms with Crippen molar-refractivity contribution in [3.8, 4) is 0 Å². The number of benzene rings is 1. The van der Waals surface area contributed by atoms with Crippen LogP contribution in [0, 0.1) is 5.82 Å². The van der Waals surface area contributed by atoms with Gasteiger partial charge in [-0.25, -0.2) is 17.8 Å². The van der Waals surface area contributed by atoms with Crippen LogP contribution in [0.4, 0.5) is 4.39 Å². The van der Waals surface area contributed by atoms with E-state index in [1.807, 2.05) is 4.57 Å². The molecule has 114 valence electrons. The van der Waals surface area contributed by atoms with Gasteiger partial charge in [-0.05, 0) is 18.9 Å². The summed E-state index contributed by atoms with van der Waals surface area (Å²) in [6.07, 6.45) is 1.01. The molecule has 1 aromatic carbocycles. The average Bonchev–Trinajstić information content (AvgIpc) is 2.77. The Morgan fingerprint density at radius 1 is 1.33 bits per heavy atom. The number of aromatic nitrogens is 2. The Hall–Kier alpha value is -0.850. The van der Waals surface area contributed by atoms with Gasteiger partial charge in [0.25, 0.3) is 0 Å². The molecule has 0 N–H and O–H groups in total. The van der Waals surface area contributed by atoms with E-state index in [1.54, 1.807) is 0 Å². The van der Waals surface area contributed by atoms with Gasteiger partial charge in [0.15, 0.2) is 0 Å². The second-order valence-electron chi connectivity index (χ2n) is 5.17. The maximum absolute atomic E-state index is 13.5. The minimum absolute atomic E-state index is 0.00574. The lowest BCUT2D eigenvalue weighted by atomic mass is 10.1. The van der Waals surface area contributed by atoms with Crippen molar-refractivity contribution in [2.75, 3.05) is 11.5 Å². The highest BCUT2D eigenvalue weighted by Gasteiger charge is 2.27. The minimum atomic E-state index is -2.95. The molecule has 1 fully saturated rings. The van der Waals surface area contributed by atoms with Crippen molar-refractivity contribution in [2.45, 2.75) is 24.8 Å². The van der Waals surface area contributed by atoms with Crippen LogP contribution in [0.15, 0.2) is 12.1 Å². The van der Waals surface area contributed by atoms with Gasteiger partial charge in [-0.1, -0.05) is 11.6 Å². The molecule has 2 heterocycles. The predicted octanol–water partition coefficient (Wildman–Crippen LogP) is 3.32. The van der Waals surface area contributed by atoms with Gasteiger partial charge in [0.05, 0.1) is 33.4 Å². The highest BCUT2D eigenvalue weighted by molar-refractivity contribution is 7.91. The van der Waals surface area contributed by atoms with Gasteiger partial charge < -0.3 is 4.57 Å². The van der Waals surface area contributed by atoms with E-state index in [0.29, 0.717) is 29.7 Å². The quantitative estimate of drug-likeness (QED) is 0.780. The molecule has 8 heteroatoms. The monoisotopic (exact) mass is 350 g/mol. The van der Waals surface area contributed by atoms with Crippen LogP contribution in [0.2, 0.25) is 5.02 Å². The highest BCUT2D eigenvalue weighted by atomic mass is 35.5. The Bertz CT molecular complexity index is 790. The van der Waals surface area contributed by atoms with E-state index in [-0.39, 0.29) is 28.5 Å². The third-order valence-corrected chi connectivity index (χ3v) is 6.06. The van der Waals surface area contributed by atoms with Gasteiger partial charge in [-0.2, -0.15) is 0 Å². The number of rotatable bonds is 2. The molecule has 1 saturated heterocycles. The second-order valence-corrected chi connectivity index (χ2v) is 8.15. The first-order chi connectivity index (χ1) is 9.91. The summed E-state index contributed by atoms with van der Waals surface area (Å²) < 4.78 is 38.6. The third-order valence-electron chi connectivity index (χ3n) is 3.81. The second kappa shape index (κ2) is 5.41. The van der Waals surface area contributed by atoms with E-state index in [1.165, 1.54) is 12.1 Å². The summed E-state index contributed by atoms with van der Waals surface area (Å²) in [4.78, 5) is 4.33. The fraction of sp³-hybridized carbons (Fsp3) is 0.462. The summed E-state index contributed by atoms with van der Waals surface area (Å²) in [6.45, 7) is 0. The minimum Gasteiger partial charge on any atom is -0.324 e. The van der Waals surface area contributed by atoms with Crippen LogP contribution < -0.4 is 0 Å². The van der Waals surface area contributed by atoms with Gasteiger partial charge >= 0.3 is 0 Å². The standard InChI is InChI=1S/C13H13Cl2FN2O2S/c14-7-13-17-11-6-10(16)9(15)5-12(11)18(13)8-1-3-21(19,20)4-2-8/h5-6,8H,1-4,7H2. The Morgan fingerprint density at radius 3 is 2.62 bits per heavy atom. The number of nitrogens with zero attached hydrogens (tertiary/aromatic N) is 2. The van der Waals surface area contributed by atoms with Crippen molar-refractivity contribution in [1.82, 2.24) is 9.55 Å². The van der Waals surface area contributed by atoms with Crippen LogP contribution in [-0.2, 0) is 15.7 Å². The topological polar surface area (TPSA) is 52.0 Å². The zero-order valence-corrected chi connectivity index (χ0v) is 13.3. The van der Waals surface area contributed by atoms with Crippen LogP contribution in [0.3, 0.4) is 0 Å². The molecular weight excluding hydrogens is 338 g/mol. The van der Waals surface area contributed by atoms with Crippen molar-refractivity contribution in [1.29, 1.82) is 0 Å². The van der Waals surface area contributed by atoms with Crippen molar-refractivity contribution >= 4 is 44.1 Å². The number of hydrogen-bond donors (Lipinski definition) is 0. The fourth-order valence-electron chi connectivity index (χ4n) is 2.78. The molecule has 1 aliphatic rings. The normalized spacial score (nSPS) is 19.2. The summed E-state index contributed by atoms with van der Waals surface area (Å²) in [5.74, 6) is 0.554. The first kappa shape index (κ1) is 15.1. The smallest absolute Gasteiger partial charge is 0.150 e. The molecule has 2 aromatic rings. The van der Waals surface area contributed by atoms with Gasteiger partial charge in [0, 0.05) is 12.1 Å². The molecule has 0 amide bonds. The summed E-state index contributed by atoms with van der Waals surface area (Å²) in [7, 11) is -2.95. The molecule has 0 saturated carbocycles. The lowest BCUT2D eigenvalue weighted by Gasteiger charge is -2.25. The summed E-state index contributed by atoms with van der Waals surface area (Å²) >= 11 is 11.8. The number of fused-ring (bicyclic) bond motifs is 1. The SMILES string of the molecule is O=S1(=O)CCC(n2c(CCl)nc3cc(F)c(Cl)cc32)CC1. The van der Waals surface area contributed by atoms with Crippen LogP contribution in [0.5, 0.6) is 0 Å². The molecule has 0 unspecified atom stereocenters. The van der Waals surface area contributed by atoms with Crippen LogP contribution >= 0.6 is 23.2 Å². The molecule has 3 rings (SSSR count). The van der Waals surface area contributed by atoms with Crippen molar-refractivity contribution in [3.63, 3.8) is 0 Å². The van der Waals surface area contributed by atoms with E-state index < -0.39 is 15.7 Å². The lowest BCUT2D eigenvalue weighted by molar-refractivity contribution is 0.450. The molecule has 0 spiro atoms. The van der Waals surface area contributed by atoms with Crippen molar-refractivity contribution in [3.05, 3.63) is 28.8 Å². The summed E-state index contributed by atoms with van der Waals surface area (Å²) in [5, 5.41) is 0.0215. The largest absolute Gasteiger partial charge is 0.324 e. The molecule has 1 aliphatic heterocycles. The van der Waals surface area contributed by atoms with E-state index in [9.17, 15) is 12.8 Å². The zero-order chi connectivity index (χ0) is 15.2. The van der Waals surface area contributed by atoms with Gasteiger partial charge in [-0.15, -0.1) is 11.6 Å². The van der Waals surface area contributed by atoms with Gasteiger partial charge in [0.1, 0.15) is 21.5 Å². The lowest BCUT2D eigenvalue weighted by Crippen LogP contribution is -2.26. The van der Waals surface area contributed by atoms with Crippen LogP contribution in [0.25, 0.3) is 11.0 Å².